The summed E-state index contributed by atoms with van der Waals surface area (Å²) in [6.07, 6.45) is 4.55. The summed E-state index contributed by atoms with van der Waals surface area (Å²) in [6.45, 7) is 0.816. The fraction of sp³-hybridized carbons (Fsp3) is 0.133. The van der Waals surface area contributed by atoms with Gasteiger partial charge in [-0.2, -0.15) is 4.99 Å². The SMILES string of the molecule is NC(N)=Nc1nc(-c2cn(NCCc3ccccc3)cn2)cs1. The Morgan fingerprint density at radius 1 is 1.22 bits per heavy atom. The summed E-state index contributed by atoms with van der Waals surface area (Å²) < 4.78 is 1.83. The van der Waals surface area contributed by atoms with Gasteiger partial charge < -0.3 is 16.9 Å². The minimum absolute atomic E-state index is 0.000919. The number of imidazole rings is 1. The van der Waals surface area contributed by atoms with Gasteiger partial charge in [-0.15, -0.1) is 11.3 Å². The minimum atomic E-state index is -0.000919. The largest absolute Gasteiger partial charge is 0.370 e. The van der Waals surface area contributed by atoms with Crippen LogP contribution in [0.1, 0.15) is 5.56 Å². The van der Waals surface area contributed by atoms with Crippen molar-refractivity contribution in [1.82, 2.24) is 14.6 Å². The van der Waals surface area contributed by atoms with Crippen LogP contribution in [-0.4, -0.2) is 27.1 Å². The summed E-state index contributed by atoms with van der Waals surface area (Å²) >= 11 is 1.37. The Balaban J connectivity index is 1.59. The lowest BCUT2D eigenvalue weighted by Crippen LogP contribution is -2.21. The van der Waals surface area contributed by atoms with E-state index in [1.54, 1.807) is 6.33 Å². The molecule has 0 spiro atoms. The van der Waals surface area contributed by atoms with E-state index in [2.05, 4.69) is 32.5 Å². The molecule has 3 aromatic rings. The van der Waals surface area contributed by atoms with E-state index in [9.17, 15) is 0 Å². The second-order valence-corrected chi connectivity index (χ2v) is 5.70. The Bertz CT molecular complexity index is 787. The maximum absolute atomic E-state index is 5.34. The van der Waals surface area contributed by atoms with Crippen molar-refractivity contribution in [2.75, 3.05) is 12.0 Å². The molecule has 0 unspecified atom stereocenters. The molecule has 5 N–H and O–H groups in total. The normalized spacial score (nSPS) is 10.4. The minimum Gasteiger partial charge on any atom is -0.370 e. The lowest BCUT2D eigenvalue weighted by molar-refractivity contribution is 0.820. The van der Waals surface area contributed by atoms with Gasteiger partial charge in [-0.3, -0.25) is 4.68 Å². The Morgan fingerprint density at radius 2 is 2.04 bits per heavy atom. The zero-order valence-corrected chi connectivity index (χ0v) is 13.2. The number of nitrogens with zero attached hydrogens (tertiary/aromatic N) is 4. The standard InChI is InChI=1S/C15H17N7S/c16-14(17)21-15-20-13(9-23-15)12-8-22(10-18-12)19-7-6-11-4-2-1-3-5-11/h1-5,8-10,19H,6-7H2,(H4,16,17,20,21). The fourth-order valence-electron chi connectivity index (χ4n) is 2.06. The molecule has 0 amide bonds. The predicted molar refractivity (Wildman–Crippen MR) is 93.2 cm³/mol. The molecule has 0 saturated carbocycles. The molecule has 0 saturated heterocycles. The highest BCUT2D eigenvalue weighted by Crippen LogP contribution is 2.25. The molecule has 2 heterocycles. The van der Waals surface area contributed by atoms with Gasteiger partial charge in [0.05, 0.1) is 6.20 Å². The number of nitrogens with two attached hydrogens (primary N) is 2. The summed E-state index contributed by atoms with van der Waals surface area (Å²) in [5.74, 6) is -0.000919. The highest BCUT2D eigenvalue weighted by atomic mass is 32.1. The molecular formula is C15H17N7S. The quantitative estimate of drug-likeness (QED) is 0.472. The van der Waals surface area contributed by atoms with Gasteiger partial charge in [0.2, 0.25) is 5.13 Å². The zero-order chi connectivity index (χ0) is 16.1. The van der Waals surface area contributed by atoms with Gasteiger partial charge in [0.25, 0.3) is 0 Å². The number of hydrogen-bond acceptors (Lipinski definition) is 5. The number of guanidine groups is 1. The van der Waals surface area contributed by atoms with Crippen LogP contribution in [-0.2, 0) is 6.42 Å². The summed E-state index contributed by atoms with van der Waals surface area (Å²) in [5, 5.41) is 2.39. The van der Waals surface area contributed by atoms with E-state index in [0.29, 0.717) is 5.13 Å². The smallest absolute Gasteiger partial charge is 0.212 e. The molecule has 1 aromatic carbocycles. The molecule has 0 radical (unpaired) electrons. The van der Waals surface area contributed by atoms with Crippen molar-refractivity contribution in [2.24, 2.45) is 16.5 Å². The second kappa shape index (κ2) is 6.93. The predicted octanol–water partition coefficient (Wildman–Crippen LogP) is 1.70. The van der Waals surface area contributed by atoms with E-state index in [0.717, 1.165) is 24.4 Å². The number of benzene rings is 1. The van der Waals surface area contributed by atoms with Crippen molar-refractivity contribution in [3.63, 3.8) is 0 Å². The first-order valence-electron chi connectivity index (χ1n) is 7.08. The summed E-state index contributed by atoms with van der Waals surface area (Å²) in [7, 11) is 0. The van der Waals surface area contributed by atoms with E-state index in [1.807, 2.05) is 34.5 Å². The van der Waals surface area contributed by atoms with Crippen LogP contribution in [0.5, 0.6) is 0 Å². The first-order chi connectivity index (χ1) is 11.2. The van der Waals surface area contributed by atoms with Crippen LogP contribution in [0.4, 0.5) is 5.13 Å². The van der Waals surface area contributed by atoms with E-state index < -0.39 is 0 Å². The third-order valence-electron chi connectivity index (χ3n) is 3.11. The maximum Gasteiger partial charge on any atom is 0.212 e. The zero-order valence-electron chi connectivity index (χ0n) is 12.4. The second-order valence-electron chi connectivity index (χ2n) is 4.86. The molecule has 0 fully saturated rings. The van der Waals surface area contributed by atoms with E-state index in [1.165, 1.54) is 16.9 Å². The van der Waals surface area contributed by atoms with Gasteiger partial charge in [-0.1, -0.05) is 30.3 Å². The van der Waals surface area contributed by atoms with E-state index >= 15 is 0 Å². The third kappa shape index (κ3) is 4.07. The number of nitrogens with one attached hydrogen (secondary N) is 1. The van der Waals surface area contributed by atoms with Gasteiger partial charge in [0, 0.05) is 11.9 Å². The van der Waals surface area contributed by atoms with Crippen LogP contribution < -0.4 is 16.9 Å². The summed E-state index contributed by atoms with van der Waals surface area (Å²) in [4.78, 5) is 12.6. The van der Waals surface area contributed by atoms with Gasteiger partial charge in [-0.05, 0) is 12.0 Å². The van der Waals surface area contributed by atoms with Crippen LogP contribution in [0.25, 0.3) is 11.4 Å². The number of thiazole rings is 1. The topological polar surface area (TPSA) is 107 Å². The van der Waals surface area contributed by atoms with Crippen LogP contribution >= 0.6 is 11.3 Å². The van der Waals surface area contributed by atoms with Crippen LogP contribution in [0, 0.1) is 0 Å². The van der Waals surface area contributed by atoms with E-state index in [4.69, 9.17) is 11.5 Å². The monoisotopic (exact) mass is 327 g/mol. The molecule has 118 valence electrons. The van der Waals surface area contributed by atoms with Crippen molar-refractivity contribution in [3.05, 3.63) is 53.8 Å². The fourth-order valence-corrected chi connectivity index (χ4v) is 2.76. The molecule has 7 nitrogen and oxygen atoms in total. The Labute approximate surface area is 137 Å². The average molecular weight is 327 g/mol. The molecule has 3 rings (SSSR count). The summed E-state index contributed by atoms with van der Waals surface area (Å²) in [5.41, 5.74) is 16.8. The Kier molecular flexibility index (Phi) is 4.53. The summed E-state index contributed by atoms with van der Waals surface area (Å²) in [6, 6.07) is 10.3. The maximum atomic E-state index is 5.34. The molecule has 0 aliphatic carbocycles. The van der Waals surface area contributed by atoms with Crippen molar-refractivity contribution in [3.8, 4) is 11.4 Å². The van der Waals surface area contributed by atoms with Crippen LogP contribution in [0.3, 0.4) is 0 Å². The number of rotatable bonds is 6. The van der Waals surface area contributed by atoms with Gasteiger partial charge in [0.15, 0.2) is 5.96 Å². The Morgan fingerprint density at radius 3 is 2.83 bits per heavy atom. The van der Waals surface area contributed by atoms with Gasteiger partial charge in [0.1, 0.15) is 17.7 Å². The van der Waals surface area contributed by atoms with Gasteiger partial charge >= 0.3 is 0 Å². The van der Waals surface area contributed by atoms with Crippen LogP contribution in [0.2, 0.25) is 0 Å². The van der Waals surface area contributed by atoms with Crippen LogP contribution in [0.15, 0.2) is 53.2 Å². The van der Waals surface area contributed by atoms with E-state index in [-0.39, 0.29) is 5.96 Å². The van der Waals surface area contributed by atoms with Gasteiger partial charge in [-0.25, -0.2) is 9.97 Å². The first-order valence-corrected chi connectivity index (χ1v) is 7.96. The first kappa shape index (κ1) is 15.0. The number of aliphatic imine (C=N–C) groups is 1. The lowest BCUT2D eigenvalue weighted by Gasteiger charge is -2.06. The third-order valence-corrected chi connectivity index (χ3v) is 3.85. The van der Waals surface area contributed by atoms with Crippen molar-refractivity contribution in [2.45, 2.75) is 6.42 Å². The highest BCUT2D eigenvalue weighted by molar-refractivity contribution is 7.13. The van der Waals surface area contributed by atoms with Crippen molar-refractivity contribution in [1.29, 1.82) is 0 Å². The number of aromatic nitrogens is 3. The molecule has 0 aliphatic heterocycles. The molecular weight excluding hydrogens is 310 g/mol. The van der Waals surface area contributed by atoms with Crippen molar-refractivity contribution < 1.29 is 0 Å². The molecule has 8 heteroatoms. The average Bonchev–Trinajstić information content (AvgIpc) is 3.17. The highest BCUT2D eigenvalue weighted by Gasteiger charge is 2.07. The molecule has 0 aliphatic rings. The molecule has 0 atom stereocenters. The Hall–Kier alpha value is -2.87. The molecule has 2 aromatic heterocycles. The lowest BCUT2D eigenvalue weighted by atomic mass is 10.2. The molecule has 23 heavy (non-hydrogen) atoms. The molecule has 0 bridgehead atoms. The van der Waals surface area contributed by atoms with Crippen molar-refractivity contribution >= 4 is 22.4 Å². The number of hydrogen-bond donors (Lipinski definition) is 3.